The molecule has 39 heavy (non-hydrogen) atoms. The van der Waals surface area contributed by atoms with E-state index in [0.29, 0.717) is 45.7 Å². The van der Waals surface area contributed by atoms with Crippen LogP contribution in [0.4, 0.5) is 5.69 Å². The van der Waals surface area contributed by atoms with Crippen LogP contribution in [0.25, 0.3) is 16.8 Å². The molecule has 1 saturated heterocycles. The fraction of sp³-hybridized carbons (Fsp3) is 0.188. The summed E-state index contributed by atoms with van der Waals surface area (Å²) in [5.74, 6) is 1.49. The molecule has 0 bridgehead atoms. The van der Waals surface area contributed by atoms with Gasteiger partial charge in [0.2, 0.25) is 0 Å². The summed E-state index contributed by atoms with van der Waals surface area (Å²) in [5, 5.41) is 3.68. The third kappa shape index (κ3) is 6.47. The highest BCUT2D eigenvalue weighted by Gasteiger charge is 2.33. The average molecular weight is 557 g/mol. The van der Waals surface area contributed by atoms with Crippen LogP contribution in [0.3, 0.4) is 0 Å². The Morgan fingerprint density at radius 2 is 1.72 bits per heavy atom. The molecular weight excluding hydrogens is 528 g/mol. The summed E-state index contributed by atoms with van der Waals surface area (Å²) >= 11 is 7.39. The Kier molecular flexibility index (Phi) is 8.24. The van der Waals surface area contributed by atoms with Crippen LogP contribution < -0.4 is 9.47 Å². The number of amidine groups is 1. The van der Waals surface area contributed by atoms with Crippen molar-refractivity contribution in [2.24, 2.45) is 10.9 Å². The Balaban J connectivity index is 1.36. The van der Waals surface area contributed by atoms with Gasteiger partial charge in [0.25, 0.3) is 5.91 Å². The molecule has 5 nitrogen and oxygen atoms in total. The van der Waals surface area contributed by atoms with Crippen molar-refractivity contribution in [1.82, 2.24) is 4.90 Å². The number of amides is 1. The number of hydrogen-bond acceptors (Lipinski definition) is 5. The fourth-order valence-electron chi connectivity index (χ4n) is 4.28. The van der Waals surface area contributed by atoms with Crippen molar-refractivity contribution in [2.75, 3.05) is 13.7 Å². The number of carbonyl (C=O) groups excluding carboxylic acids is 1. The van der Waals surface area contributed by atoms with Gasteiger partial charge in [-0.05, 0) is 88.1 Å². The van der Waals surface area contributed by atoms with Crippen molar-refractivity contribution in [3.8, 4) is 11.5 Å². The third-order valence-electron chi connectivity index (χ3n) is 6.18. The molecule has 4 aromatic carbocycles. The van der Waals surface area contributed by atoms with Crippen LogP contribution in [0.15, 0.2) is 94.8 Å². The molecule has 1 aliphatic heterocycles. The van der Waals surface area contributed by atoms with Gasteiger partial charge in [-0.3, -0.25) is 9.69 Å². The number of hydrogen-bond donors (Lipinski definition) is 0. The number of thioether (sulfide) groups is 1. The minimum atomic E-state index is -0.0583. The predicted molar refractivity (Wildman–Crippen MR) is 162 cm³/mol. The monoisotopic (exact) mass is 556 g/mol. The lowest BCUT2D eigenvalue weighted by molar-refractivity contribution is -0.122. The Morgan fingerprint density at radius 1 is 0.949 bits per heavy atom. The molecule has 0 N–H and O–H groups in total. The molecule has 7 heteroatoms. The van der Waals surface area contributed by atoms with Gasteiger partial charge in [0.15, 0.2) is 16.7 Å². The van der Waals surface area contributed by atoms with Gasteiger partial charge in [0, 0.05) is 11.6 Å². The van der Waals surface area contributed by atoms with E-state index in [1.54, 1.807) is 24.1 Å². The van der Waals surface area contributed by atoms with E-state index in [1.807, 2.05) is 48.5 Å². The maximum Gasteiger partial charge on any atom is 0.266 e. The van der Waals surface area contributed by atoms with E-state index in [1.165, 1.54) is 22.5 Å². The van der Waals surface area contributed by atoms with Crippen molar-refractivity contribution in [3.05, 3.63) is 106 Å². The molecule has 1 fully saturated rings. The zero-order chi connectivity index (χ0) is 27.4. The minimum Gasteiger partial charge on any atom is -0.493 e. The van der Waals surface area contributed by atoms with E-state index in [4.69, 9.17) is 26.1 Å². The molecule has 0 saturated carbocycles. The van der Waals surface area contributed by atoms with Gasteiger partial charge < -0.3 is 9.47 Å². The maximum absolute atomic E-state index is 13.4. The number of ether oxygens (including phenoxy) is 2. The largest absolute Gasteiger partial charge is 0.493 e. The molecule has 0 atom stereocenters. The smallest absolute Gasteiger partial charge is 0.266 e. The zero-order valence-electron chi connectivity index (χ0n) is 22.1. The lowest BCUT2D eigenvalue weighted by Gasteiger charge is -2.17. The Hall–Kier alpha value is -3.74. The second kappa shape index (κ2) is 12.0. The van der Waals surface area contributed by atoms with Crippen LogP contribution >= 0.6 is 23.4 Å². The van der Waals surface area contributed by atoms with Crippen molar-refractivity contribution < 1.29 is 14.3 Å². The van der Waals surface area contributed by atoms with Gasteiger partial charge in [-0.1, -0.05) is 67.9 Å². The van der Waals surface area contributed by atoms with Crippen molar-refractivity contribution in [1.29, 1.82) is 0 Å². The van der Waals surface area contributed by atoms with Crippen LogP contribution in [0.5, 0.6) is 11.5 Å². The lowest BCUT2D eigenvalue weighted by atomic mass is 10.1. The van der Waals surface area contributed by atoms with Gasteiger partial charge in [-0.2, -0.15) is 0 Å². The quantitative estimate of drug-likeness (QED) is 0.205. The summed E-state index contributed by atoms with van der Waals surface area (Å²) in [6.07, 6.45) is 1.88. The van der Waals surface area contributed by atoms with Crippen LogP contribution in [-0.4, -0.2) is 29.6 Å². The lowest BCUT2D eigenvalue weighted by Crippen LogP contribution is -2.32. The number of carbonyl (C=O) groups is 1. The second-order valence-electron chi connectivity index (χ2n) is 9.67. The molecule has 1 heterocycles. The van der Waals surface area contributed by atoms with Gasteiger partial charge >= 0.3 is 0 Å². The number of rotatable bonds is 8. The van der Waals surface area contributed by atoms with Crippen molar-refractivity contribution >= 4 is 57.0 Å². The SMILES string of the molecule is COc1cc(/C=C2\SC(=Nc3ccc(Cl)cc3)N(CC(C)C)C2=O)ccc1OCc1ccc2ccccc2c1. The first-order valence-corrected chi connectivity index (χ1v) is 13.9. The summed E-state index contributed by atoms with van der Waals surface area (Å²) in [5.41, 5.74) is 2.67. The van der Waals surface area contributed by atoms with E-state index in [2.05, 4.69) is 44.2 Å². The molecule has 4 aromatic rings. The molecule has 5 rings (SSSR count). The third-order valence-corrected chi connectivity index (χ3v) is 7.44. The number of halogens is 1. The molecule has 0 radical (unpaired) electrons. The summed E-state index contributed by atoms with van der Waals surface area (Å²) in [6.45, 7) is 5.17. The predicted octanol–water partition coefficient (Wildman–Crippen LogP) is 8.34. The Morgan fingerprint density at radius 3 is 2.46 bits per heavy atom. The fourth-order valence-corrected chi connectivity index (χ4v) is 5.41. The molecule has 0 unspecified atom stereocenters. The highest BCUT2D eigenvalue weighted by atomic mass is 35.5. The normalized spacial score (nSPS) is 15.6. The highest BCUT2D eigenvalue weighted by Crippen LogP contribution is 2.36. The maximum atomic E-state index is 13.4. The van der Waals surface area contributed by atoms with Gasteiger partial charge in [-0.25, -0.2) is 4.99 Å². The first-order valence-electron chi connectivity index (χ1n) is 12.7. The molecule has 198 valence electrons. The summed E-state index contributed by atoms with van der Waals surface area (Å²) < 4.78 is 11.7. The first-order chi connectivity index (χ1) is 18.9. The van der Waals surface area contributed by atoms with E-state index in [0.717, 1.165) is 16.8 Å². The molecule has 0 spiro atoms. The van der Waals surface area contributed by atoms with Gasteiger partial charge in [-0.15, -0.1) is 0 Å². The van der Waals surface area contributed by atoms with Crippen molar-refractivity contribution in [3.63, 3.8) is 0 Å². The molecule has 0 aromatic heterocycles. The number of benzene rings is 4. The molecular formula is C32H29ClN2O3S. The summed E-state index contributed by atoms with van der Waals surface area (Å²) in [6, 6.07) is 27.5. The topological polar surface area (TPSA) is 51.1 Å². The Bertz CT molecular complexity index is 1560. The Labute approximate surface area is 238 Å². The number of fused-ring (bicyclic) bond motifs is 1. The summed E-state index contributed by atoms with van der Waals surface area (Å²) in [4.78, 5) is 20.4. The standard InChI is InChI=1S/C32H29ClN2O3S/c1-21(2)19-35-31(36)30(39-32(35)34-27-13-11-26(33)12-14-27)18-22-9-15-28(29(17-22)37-3)38-20-23-8-10-24-6-4-5-7-25(24)16-23/h4-18,21H,19-20H2,1-3H3/b30-18-,34-32?. The molecule has 1 amide bonds. The number of aliphatic imine (C=N–C) groups is 1. The number of methoxy groups -OCH3 is 1. The highest BCUT2D eigenvalue weighted by molar-refractivity contribution is 8.18. The van der Waals surface area contributed by atoms with Crippen LogP contribution in [0.2, 0.25) is 5.02 Å². The van der Waals surface area contributed by atoms with E-state index in [-0.39, 0.29) is 5.91 Å². The average Bonchev–Trinajstić information content (AvgIpc) is 3.21. The number of nitrogens with zero attached hydrogens (tertiary/aromatic N) is 2. The van der Waals surface area contributed by atoms with E-state index in [9.17, 15) is 4.79 Å². The van der Waals surface area contributed by atoms with Crippen LogP contribution in [0, 0.1) is 5.92 Å². The van der Waals surface area contributed by atoms with Crippen LogP contribution in [-0.2, 0) is 11.4 Å². The zero-order valence-corrected chi connectivity index (χ0v) is 23.6. The second-order valence-corrected chi connectivity index (χ2v) is 11.1. The van der Waals surface area contributed by atoms with E-state index < -0.39 is 0 Å². The van der Waals surface area contributed by atoms with E-state index >= 15 is 0 Å². The molecule has 0 aliphatic carbocycles. The summed E-state index contributed by atoms with van der Waals surface area (Å²) in [7, 11) is 1.62. The minimum absolute atomic E-state index is 0.0583. The van der Waals surface area contributed by atoms with Gasteiger partial charge in [0.05, 0.1) is 17.7 Å². The molecule has 1 aliphatic rings. The van der Waals surface area contributed by atoms with Gasteiger partial charge in [0.1, 0.15) is 6.61 Å². The van der Waals surface area contributed by atoms with Crippen molar-refractivity contribution in [2.45, 2.75) is 20.5 Å². The first kappa shape index (κ1) is 26.9. The van der Waals surface area contributed by atoms with Crippen LogP contribution in [0.1, 0.15) is 25.0 Å².